The Labute approximate surface area is 313 Å². The van der Waals surface area contributed by atoms with Gasteiger partial charge in [-0.15, -0.1) is 11.3 Å². The van der Waals surface area contributed by atoms with Gasteiger partial charge in [-0.1, -0.05) is 35.4 Å². The number of carboxylic acids is 1. The van der Waals surface area contributed by atoms with Gasteiger partial charge in [0.2, 0.25) is 23.6 Å². The van der Waals surface area contributed by atoms with E-state index in [0.29, 0.717) is 22.1 Å². The minimum absolute atomic E-state index is 0.0133. The van der Waals surface area contributed by atoms with Crippen LogP contribution in [-0.4, -0.2) is 68.1 Å². The van der Waals surface area contributed by atoms with Crippen LogP contribution in [0.25, 0.3) is 20.7 Å². The van der Waals surface area contributed by atoms with Crippen molar-refractivity contribution >= 4 is 68.4 Å². The first-order valence-corrected chi connectivity index (χ1v) is 18.7. The Kier molecular flexibility index (Phi) is 8.30. The van der Waals surface area contributed by atoms with Crippen molar-refractivity contribution in [3.63, 3.8) is 0 Å². The minimum Gasteiger partial charge on any atom is -0.504 e. The molecule has 1 saturated carbocycles. The van der Waals surface area contributed by atoms with Crippen LogP contribution in [0.2, 0.25) is 5.02 Å². The summed E-state index contributed by atoms with van der Waals surface area (Å²) in [5.41, 5.74) is 1.28. The summed E-state index contributed by atoms with van der Waals surface area (Å²) in [5, 5.41) is 27.1. The maximum atomic E-state index is 15.0. The topological polar surface area (TPSA) is 159 Å². The molecule has 2 N–H and O–H groups in total. The van der Waals surface area contributed by atoms with E-state index in [1.807, 2.05) is 31.2 Å². The number of allylic oxidation sites excluding steroid dienone is 2. The molecule has 4 amide bonds. The monoisotopic (exact) mass is 756 g/mol. The lowest BCUT2D eigenvalue weighted by atomic mass is 9.51. The second-order valence-corrected chi connectivity index (χ2v) is 16.1. The van der Waals surface area contributed by atoms with Crippen molar-refractivity contribution in [2.45, 2.75) is 45.4 Å². The number of hydrogen-bond acceptors (Lipinski definition) is 9. The fourth-order valence-corrected chi connectivity index (χ4v) is 10.7. The summed E-state index contributed by atoms with van der Waals surface area (Å²) in [6.07, 6.45) is 2.21. The van der Waals surface area contributed by atoms with E-state index in [2.05, 4.69) is 0 Å². The predicted molar refractivity (Wildman–Crippen MR) is 197 cm³/mol. The van der Waals surface area contributed by atoms with Gasteiger partial charge < -0.3 is 14.9 Å². The summed E-state index contributed by atoms with van der Waals surface area (Å²) in [6, 6.07) is 12.4. The number of anilines is 1. The molecular formula is C39H37ClN4O8S. The van der Waals surface area contributed by atoms with Crippen LogP contribution in [-0.2, 0) is 31.0 Å². The fourth-order valence-electron chi connectivity index (χ4n) is 9.40. The smallest absolute Gasteiger partial charge is 0.303 e. The number of rotatable bonds is 8. The highest BCUT2D eigenvalue weighted by Crippen LogP contribution is 2.65. The van der Waals surface area contributed by atoms with Gasteiger partial charge in [-0.3, -0.25) is 33.6 Å². The molecule has 0 radical (unpaired) electrons. The third kappa shape index (κ3) is 5.07. The summed E-state index contributed by atoms with van der Waals surface area (Å²) in [7, 11) is 3.11. The number of halogens is 1. The molecule has 274 valence electrons. The van der Waals surface area contributed by atoms with Crippen LogP contribution in [0.15, 0.2) is 54.1 Å². The van der Waals surface area contributed by atoms with E-state index in [0.717, 1.165) is 31.0 Å². The molecule has 0 bridgehead atoms. The van der Waals surface area contributed by atoms with Crippen molar-refractivity contribution in [1.82, 2.24) is 14.7 Å². The summed E-state index contributed by atoms with van der Waals surface area (Å²) >= 11 is 7.84. The number of imide groups is 2. The lowest BCUT2D eigenvalue weighted by Crippen LogP contribution is -2.49. The van der Waals surface area contributed by atoms with Gasteiger partial charge in [-0.05, 0) is 74.2 Å². The molecule has 12 nitrogen and oxygen atoms in total. The number of carbonyl (C=O) groups excluding carboxylic acids is 4. The van der Waals surface area contributed by atoms with Crippen molar-refractivity contribution in [3.8, 4) is 22.1 Å². The molecule has 4 heterocycles. The highest BCUT2D eigenvalue weighted by atomic mass is 35.5. The Hall–Kier alpha value is -5.01. The summed E-state index contributed by atoms with van der Waals surface area (Å²) in [6.45, 7) is 3.72. The Morgan fingerprint density at radius 1 is 1.09 bits per heavy atom. The lowest BCUT2D eigenvalue weighted by Gasteiger charge is -2.49. The maximum Gasteiger partial charge on any atom is 0.303 e. The van der Waals surface area contributed by atoms with E-state index in [9.17, 15) is 24.3 Å². The number of carboxylic acid groups (broad SMARTS) is 1. The molecule has 8 rings (SSSR count). The number of phenols is 1. The van der Waals surface area contributed by atoms with Crippen molar-refractivity contribution < 1.29 is 38.9 Å². The number of likely N-dealkylation sites (tertiary alicyclic amines) is 1. The standard InChI is InChI=1S/C39H37ClN4O8S/c1-18-23-15-19(40)10-13-28(23)53-34(18)26-17-29(42(3)41-26)44-36(49)25-16-24-20(11-12-21-31(24)37(50)43(35(21)48)14-6-9-30(45)46)32(39(25,2)38(44)51)22-7-5-8-27(52-4)33(22)47/h5,7-8,10-11,13,15,17,21,24-25,31-32,47H,6,9,12,14,16H2,1-4H3,(H,45,46)/t21-,24+,25-,31-,32+,39+/m0/s1. The molecule has 6 atom stereocenters. The molecule has 14 heteroatoms. The first kappa shape index (κ1) is 35.0. The van der Waals surface area contributed by atoms with E-state index in [4.69, 9.17) is 26.5 Å². The molecular weight excluding hydrogens is 720 g/mol. The number of ether oxygens (including phenoxy) is 1. The van der Waals surface area contributed by atoms with Gasteiger partial charge in [-0.25, -0.2) is 4.90 Å². The molecule has 53 heavy (non-hydrogen) atoms. The third-order valence-corrected chi connectivity index (χ3v) is 13.4. The Morgan fingerprint density at radius 3 is 2.60 bits per heavy atom. The van der Waals surface area contributed by atoms with Crippen LogP contribution >= 0.6 is 22.9 Å². The van der Waals surface area contributed by atoms with Crippen molar-refractivity contribution in [2.75, 3.05) is 18.6 Å². The lowest BCUT2D eigenvalue weighted by molar-refractivity contribution is -0.142. The third-order valence-electron chi connectivity index (χ3n) is 11.9. The number of amides is 4. The van der Waals surface area contributed by atoms with Gasteiger partial charge in [0.05, 0.1) is 35.2 Å². The molecule has 0 unspecified atom stereocenters. The zero-order chi connectivity index (χ0) is 37.7. The molecule has 0 spiro atoms. The van der Waals surface area contributed by atoms with Gasteiger partial charge in [0, 0.05) is 47.3 Å². The van der Waals surface area contributed by atoms with Crippen LogP contribution in [0.1, 0.15) is 49.7 Å². The number of aryl methyl sites for hydroxylation is 2. The number of carbonyl (C=O) groups is 5. The average molecular weight is 757 g/mol. The quantitative estimate of drug-likeness (QED) is 0.161. The molecule has 2 aliphatic carbocycles. The second kappa shape index (κ2) is 12.6. The first-order chi connectivity index (χ1) is 25.3. The van der Waals surface area contributed by atoms with Crippen molar-refractivity contribution in [1.29, 1.82) is 0 Å². The largest absolute Gasteiger partial charge is 0.504 e. The Bertz CT molecular complexity index is 2310. The number of hydrogen-bond donors (Lipinski definition) is 2. The number of methoxy groups -OCH3 is 1. The first-order valence-electron chi connectivity index (χ1n) is 17.5. The number of para-hydroxylation sites is 1. The summed E-state index contributed by atoms with van der Waals surface area (Å²) in [4.78, 5) is 72.0. The van der Waals surface area contributed by atoms with E-state index in [1.54, 1.807) is 49.6 Å². The SMILES string of the molecule is COc1cccc([C@H]2C3=CC[C@@H]4C(=O)N(CCCC(=O)O)C(=O)[C@@H]4[C@@H]3C[C@H]3C(=O)N(c4cc(-c5sc6ccc(Cl)cc6c5C)nn4C)C(=O)[C@@]23C)c1O. The van der Waals surface area contributed by atoms with Gasteiger partial charge in [-0.2, -0.15) is 5.10 Å². The summed E-state index contributed by atoms with van der Waals surface area (Å²) in [5.74, 6) is -6.17. The molecule has 3 fully saturated rings. The number of aliphatic carboxylic acids is 1. The average Bonchev–Trinajstić information content (AvgIpc) is 3.79. The van der Waals surface area contributed by atoms with Crippen molar-refractivity contribution in [3.05, 3.63) is 70.3 Å². The number of aromatic hydroxyl groups is 1. The van der Waals surface area contributed by atoms with Gasteiger partial charge in [0.1, 0.15) is 11.5 Å². The second-order valence-electron chi connectivity index (χ2n) is 14.6. The van der Waals surface area contributed by atoms with Crippen LogP contribution in [0.4, 0.5) is 5.82 Å². The maximum absolute atomic E-state index is 15.0. The Morgan fingerprint density at radius 2 is 1.87 bits per heavy atom. The zero-order valence-electron chi connectivity index (χ0n) is 29.5. The highest BCUT2D eigenvalue weighted by Gasteiger charge is 2.68. The number of aromatic nitrogens is 2. The molecule has 2 aliphatic heterocycles. The molecule has 4 aliphatic rings. The predicted octanol–water partition coefficient (Wildman–Crippen LogP) is 6.07. The van der Waals surface area contributed by atoms with E-state index in [1.165, 1.54) is 16.7 Å². The zero-order valence-corrected chi connectivity index (χ0v) is 31.0. The number of thiophene rings is 1. The number of fused-ring (bicyclic) bond motifs is 5. The number of benzene rings is 2. The van der Waals surface area contributed by atoms with Crippen LogP contribution in [0, 0.1) is 36.0 Å². The van der Waals surface area contributed by atoms with Gasteiger partial charge in [0.25, 0.3) is 0 Å². The molecule has 2 saturated heterocycles. The molecule has 2 aromatic carbocycles. The fraction of sp³-hybridized carbons (Fsp3) is 0.385. The van der Waals surface area contributed by atoms with E-state index in [-0.39, 0.29) is 49.6 Å². The van der Waals surface area contributed by atoms with Crippen molar-refractivity contribution in [2.24, 2.45) is 36.1 Å². The van der Waals surface area contributed by atoms with Crippen LogP contribution < -0.4 is 9.64 Å². The molecule has 2 aromatic heterocycles. The molecule has 4 aromatic rings. The van der Waals surface area contributed by atoms with Crippen LogP contribution in [0.5, 0.6) is 11.5 Å². The van der Waals surface area contributed by atoms with Crippen LogP contribution in [0.3, 0.4) is 0 Å². The summed E-state index contributed by atoms with van der Waals surface area (Å²) < 4.78 is 8.02. The Balaban J connectivity index is 1.23. The highest BCUT2D eigenvalue weighted by molar-refractivity contribution is 7.22. The minimum atomic E-state index is -1.39. The van der Waals surface area contributed by atoms with Gasteiger partial charge >= 0.3 is 5.97 Å². The van der Waals surface area contributed by atoms with E-state index >= 15 is 4.79 Å². The van der Waals surface area contributed by atoms with E-state index < -0.39 is 58.7 Å². The number of phenolic OH excluding ortho intramolecular Hbond substituents is 1. The number of nitrogens with zero attached hydrogens (tertiary/aromatic N) is 4. The van der Waals surface area contributed by atoms with Gasteiger partial charge in [0.15, 0.2) is 11.5 Å². The normalized spacial score (nSPS) is 26.6.